The molecule has 0 saturated carbocycles. The van der Waals surface area contributed by atoms with Gasteiger partial charge in [0.2, 0.25) is 0 Å². The Balaban J connectivity index is 1.52. The second-order valence-electron chi connectivity index (χ2n) is 8.12. The molecule has 9 heteroatoms. The van der Waals surface area contributed by atoms with Gasteiger partial charge in [-0.25, -0.2) is 4.79 Å². The second-order valence-corrected chi connectivity index (χ2v) is 9.69. The van der Waals surface area contributed by atoms with E-state index in [1.165, 1.54) is 12.1 Å². The molecular weight excluding hydrogens is 472 g/mol. The Labute approximate surface area is 204 Å². The molecule has 1 saturated heterocycles. The Morgan fingerprint density at radius 1 is 0.914 bits per heavy atom. The number of hydrogen-bond acceptors (Lipinski definition) is 8. The molecule has 1 aliphatic heterocycles. The number of ether oxygens (including phenoxy) is 3. The summed E-state index contributed by atoms with van der Waals surface area (Å²) in [6, 6.07) is 23.7. The summed E-state index contributed by atoms with van der Waals surface area (Å²) in [5.41, 5.74) is 2.03. The zero-order valence-electron chi connectivity index (χ0n) is 19.0. The van der Waals surface area contributed by atoms with Crippen molar-refractivity contribution in [2.24, 2.45) is 0 Å². The highest BCUT2D eigenvalue weighted by molar-refractivity contribution is 7.86. The van der Waals surface area contributed by atoms with Gasteiger partial charge in [0, 0.05) is 0 Å². The van der Waals surface area contributed by atoms with Crippen LogP contribution >= 0.6 is 0 Å². The van der Waals surface area contributed by atoms with Crippen molar-refractivity contribution in [1.29, 1.82) is 0 Å². The lowest BCUT2D eigenvalue weighted by atomic mass is 10.1. The summed E-state index contributed by atoms with van der Waals surface area (Å²) in [6.07, 6.45) is -4.98. The van der Waals surface area contributed by atoms with E-state index in [9.17, 15) is 18.3 Å². The third-order valence-corrected chi connectivity index (χ3v) is 6.83. The molecule has 0 radical (unpaired) electrons. The highest BCUT2D eigenvalue weighted by Gasteiger charge is 2.48. The number of carbonyl (C=O) groups excluding carboxylic acids is 1. The van der Waals surface area contributed by atoms with Crippen LogP contribution in [0, 0.1) is 6.92 Å². The Kier molecular flexibility index (Phi) is 7.94. The van der Waals surface area contributed by atoms with E-state index in [-0.39, 0.29) is 18.1 Å². The van der Waals surface area contributed by atoms with Crippen LogP contribution < -0.4 is 0 Å². The molecule has 1 fully saturated rings. The molecule has 0 aliphatic carbocycles. The standard InChI is InChI=1S/C26H26O8S/c1-18-12-14-21(15-13-18)35(29,30)34-23-22(17-32-25(27)20-10-6-3-7-11-20)33-26(28)24(23)31-16-19-8-4-2-5-9-19/h2-15,22-24,26,28H,16-17H2,1H3. The highest BCUT2D eigenvalue weighted by Crippen LogP contribution is 2.30. The topological polar surface area (TPSA) is 108 Å². The van der Waals surface area contributed by atoms with E-state index in [0.29, 0.717) is 5.56 Å². The van der Waals surface area contributed by atoms with Crippen molar-refractivity contribution in [1.82, 2.24) is 0 Å². The molecule has 184 valence electrons. The number of aliphatic hydroxyl groups is 1. The zero-order chi connectivity index (χ0) is 24.8. The van der Waals surface area contributed by atoms with Crippen molar-refractivity contribution in [2.75, 3.05) is 6.61 Å². The number of aliphatic hydroxyl groups excluding tert-OH is 1. The number of aryl methyl sites for hydroxylation is 1. The van der Waals surface area contributed by atoms with E-state index in [2.05, 4.69) is 0 Å². The Bertz CT molecular complexity index is 1210. The number of carbonyl (C=O) groups is 1. The van der Waals surface area contributed by atoms with Crippen molar-refractivity contribution in [2.45, 2.75) is 43.0 Å². The van der Waals surface area contributed by atoms with Gasteiger partial charge in [-0.15, -0.1) is 0 Å². The average Bonchev–Trinajstić information content (AvgIpc) is 3.15. The van der Waals surface area contributed by atoms with Crippen LogP contribution in [0.4, 0.5) is 0 Å². The van der Waals surface area contributed by atoms with Crippen LogP contribution in [0.3, 0.4) is 0 Å². The molecule has 1 heterocycles. The summed E-state index contributed by atoms with van der Waals surface area (Å²) in [7, 11) is -4.23. The smallest absolute Gasteiger partial charge is 0.338 e. The van der Waals surface area contributed by atoms with Gasteiger partial charge in [0.1, 0.15) is 24.9 Å². The molecule has 1 N–H and O–H groups in total. The van der Waals surface area contributed by atoms with Gasteiger partial charge in [0.25, 0.3) is 10.1 Å². The van der Waals surface area contributed by atoms with Gasteiger partial charge in [-0.3, -0.25) is 4.18 Å². The fraction of sp³-hybridized carbons (Fsp3) is 0.269. The molecule has 8 nitrogen and oxygen atoms in total. The molecule has 3 aromatic carbocycles. The van der Waals surface area contributed by atoms with Crippen LogP contribution in [-0.2, 0) is 35.1 Å². The molecule has 0 amide bonds. The lowest BCUT2D eigenvalue weighted by Gasteiger charge is -2.23. The van der Waals surface area contributed by atoms with Crippen LogP contribution in [-0.4, -0.2) is 50.7 Å². The summed E-state index contributed by atoms with van der Waals surface area (Å²) in [5.74, 6) is -0.613. The van der Waals surface area contributed by atoms with Gasteiger partial charge in [0.05, 0.1) is 17.1 Å². The first kappa shape index (κ1) is 25.0. The average molecular weight is 499 g/mol. The van der Waals surface area contributed by atoms with Crippen molar-refractivity contribution in [3.05, 3.63) is 102 Å². The first-order chi connectivity index (χ1) is 16.8. The minimum atomic E-state index is -4.23. The summed E-state index contributed by atoms with van der Waals surface area (Å²) in [5, 5.41) is 10.5. The monoisotopic (exact) mass is 498 g/mol. The molecular formula is C26H26O8S. The Morgan fingerprint density at radius 2 is 1.54 bits per heavy atom. The fourth-order valence-corrected chi connectivity index (χ4v) is 4.73. The first-order valence-corrected chi connectivity index (χ1v) is 12.5. The highest BCUT2D eigenvalue weighted by atomic mass is 32.2. The van der Waals surface area contributed by atoms with E-state index in [1.807, 2.05) is 37.3 Å². The van der Waals surface area contributed by atoms with Crippen molar-refractivity contribution < 1.29 is 36.7 Å². The zero-order valence-corrected chi connectivity index (χ0v) is 19.8. The van der Waals surface area contributed by atoms with E-state index in [4.69, 9.17) is 18.4 Å². The Morgan fingerprint density at radius 3 is 2.20 bits per heavy atom. The summed E-state index contributed by atoms with van der Waals surface area (Å²) in [4.78, 5) is 12.3. The van der Waals surface area contributed by atoms with Crippen LogP contribution in [0.15, 0.2) is 89.8 Å². The summed E-state index contributed by atoms with van der Waals surface area (Å²) >= 11 is 0. The quantitative estimate of drug-likeness (QED) is 0.354. The minimum absolute atomic E-state index is 0.0497. The molecule has 35 heavy (non-hydrogen) atoms. The maximum absolute atomic E-state index is 13.0. The van der Waals surface area contributed by atoms with Gasteiger partial charge in [-0.2, -0.15) is 8.42 Å². The second kappa shape index (κ2) is 11.1. The van der Waals surface area contributed by atoms with Crippen LogP contribution in [0.25, 0.3) is 0 Å². The van der Waals surface area contributed by atoms with Gasteiger partial charge < -0.3 is 19.3 Å². The molecule has 3 aromatic rings. The van der Waals surface area contributed by atoms with Gasteiger partial charge in [-0.1, -0.05) is 66.2 Å². The summed E-state index contributed by atoms with van der Waals surface area (Å²) in [6.45, 7) is 1.58. The summed E-state index contributed by atoms with van der Waals surface area (Å²) < 4.78 is 48.2. The van der Waals surface area contributed by atoms with Gasteiger partial charge in [-0.05, 0) is 36.8 Å². The van der Waals surface area contributed by atoms with Gasteiger partial charge in [0.15, 0.2) is 6.29 Å². The molecule has 4 atom stereocenters. The predicted octanol–water partition coefficient (Wildman–Crippen LogP) is 3.23. The largest absolute Gasteiger partial charge is 0.459 e. The van der Waals surface area contributed by atoms with E-state index in [0.717, 1.165) is 11.1 Å². The maximum Gasteiger partial charge on any atom is 0.338 e. The maximum atomic E-state index is 13.0. The third-order valence-electron chi connectivity index (χ3n) is 5.51. The molecule has 4 rings (SSSR count). The van der Waals surface area contributed by atoms with Crippen LogP contribution in [0.5, 0.6) is 0 Å². The minimum Gasteiger partial charge on any atom is -0.459 e. The SMILES string of the molecule is Cc1ccc(S(=O)(=O)OC2C(COC(=O)c3ccccc3)OC(O)C2OCc2ccccc2)cc1. The van der Waals surface area contributed by atoms with Crippen molar-refractivity contribution in [3.63, 3.8) is 0 Å². The van der Waals surface area contributed by atoms with Crippen LogP contribution in [0.1, 0.15) is 21.5 Å². The van der Waals surface area contributed by atoms with E-state index < -0.39 is 40.7 Å². The van der Waals surface area contributed by atoms with Crippen molar-refractivity contribution >= 4 is 16.1 Å². The van der Waals surface area contributed by atoms with E-state index >= 15 is 0 Å². The molecule has 1 aliphatic rings. The molecule has 4 unspecified atom stereocenters. The van der Waals surface area contributed by atoms with Gasteiger partial charge >= 0.3 is 5.97 Å². The fourth-order valence-electron chi connectivity index (χ4n) is 3.62. The number of benzene rings is 3. The van der Waals surface area contributed by atoms with Crippen LogP contribution in [0.2, 0.25) is 0 Å². The lowest BCUT2D eigenvalue weighted by molar-refractivity contribution is -0.150. The first-order valence-electron chi connectivity index (χ1n) is 11.0. The van der Waals surface area contributed by atoms with E-state index in [1.54, 1.807) is 42.5 Å². The number of hydrogen-bond donors (Lipinski definition) is 1. The molecule has 0 aromatic heterocycles. The predicted molar refractivity (Wildman–Crippen MR) is 126 cm³/mol. The van der Waals surface area contributed by atoms with Crippen molar-refractivity contribution in [3.8, 4) is 0 Å². The Hall–Kier alpha value is -3.08. The molecule has 0 spiro atoms. The molecule has 0 bridgehead atoms. The normalized spacial score (nSPS) is 22.1. The number of rotatable bonds is 9. The lowest BCUT2D eigenvalue weighted by Crippen LogP contribution is -2.40. The number of esters is 1. The third kappa shape index (κ3) is 6.33.